The summed E-state index contributed by atoms with van der Waals surface area (Å²) in [4.78, 5) is 14.4. The van der Waals surface area contributed by atoms with E-state index in [0.29, 0.717) is 29.1 Å². The number of benzene rings is 1. The van der Waals surface area contributed by atoms with Crippen LogP contribution in [0, 0.1) is 17.7 Å². The van der Waals surface area contributed by atoms with Crippen molar-refractivity contribution in [3.63, 3.8) is 0 Å². The number of fused-ring (bicyclic) bond motifs is 1. The summed E-state index contributed by atoms with van der Waals surface area (Å²) in [6.07, 6.45) is 0. The Kier molecular flexibility index (Phi) is 3.98. The van der Waals surface area contributed by atoms with Gasteiger partial charge in [0.05, 0.1) is 0 Å². The molecule has 5 nitrogen and oxygen atoms in total. The lowest BCUT2D eigenvalue weighted by molar-refractivity contribution is 0.0746. The largest absolute Gasteiger partial charge is 0.486 e. The van der Waals surface area contributed by atoms with Gasteiger partial charge in [-0.3, -0.25) is 4.79 Å². The summed E-state index contributed by atoms with van der Waals surface area (Å²) in [5.74, 6) is 2.23. The fourth-order valence-corrected chi connectivity index (χ4v) is 3.43. The number of carbonyl (C=O) groups is 1. The molecule has 0 unspecified atom stereocenters. The van der Waals surface area contributed by atoms with Crippen LogP contribution in [0.5, 0.6) is 5.75 Å². The van der Waals surface area contributed by atoms with Crippen LogP contribution in [0.4, 0.5) is 4.39 Å². The minimum absolute atomic E-state index is 0.0579. The number of hydrogen-bond donors (Lipinski definition) is 1. The molecule has 126 valence electrons. The fraction of sp³-hybridized carbons (Fsp3) is 0.389. The lowest BCUT2D eigenvalue weighted by Gasteiger charge is -2.15. The Balaban J connectivity index is 1.36. The summed E-state index contributed by atoms with van der Waals surface area (Å²) in [7, 11) is 0. The normalized spacial score (nSPS) is 22.6. The number of nitrogens with one attached hydrogen (secondary N) is 1. The second kappa shape index (κ2) is 6.28. The van der Waals surface area contributed by atoms with E-state index >= 15 is 0 Å². The predicted molar refractivity (Wildman–Crippen MR) is 85.2 cm³/mol. The Labute approximate surface area is 139 Å². The maximum atomic E-state index is 12.9. The number of furan rings is 1. The average molecular weight is 330 g/mol. The third-order valence-corrected chi connectivity index (χ3v) is 4.74. The van der Waals surface area contributed by atoms with Gasteiger partial charge in [0.1, 0.15) is 23.9 Å². The monoisotopic (exact) mass is 330 g/mol. The number of rotatable bonds is 4. The molecular formula is C18H19FN2O3. The Morgan fingerprint density at radius 1 is 1.17 bits per heavy atom. The summed E-state index contributed by atoms with van der Waals surface area (Å²) < 4.78 is 24.0. The van der Waals surface area contributed by atoms with Gasteiger partial charge in [0, 0.05) is 26.2 Å². The topological polar surface area (TPSA) is 54.7 Å². The van der Waals surface area contributed by atoms with E-state index in [0.717, 1.165) is 26.2 Å². The summed E-state index contributed by atoms with van der Waals surface area (Å²) in [6, 6.07) is 9.23. The van der Waals surface area contributed by atoms with Crippen LogP contribution in [-0.2, 0) is 6.61 Å². The molecule has 3 heterocycles. The zero-order valence-electron chi connectivity index (χ0n) is 13.2. The number of halogens is 1. The number of nitrogens with zero attached hydrogens (tertiary/aromatic N) is 1. The van der Waals surface area contributed by atoms with Crippen LogP contribution in [0.15, 0.2) is 40.8 Å². The van der Waals surface area contributed by atoms with Crippen molar-refractivity contribution in [2.45, 2.75) is 6.61 Å². The number of ether oxygens (including phenoxy) is 1. The molecule has 0 saturated carbocycles. The maximum absolute atomic E-state index is 12.9. The lowest BCUT2D eigenvalue weighted by Crippen LogP contribution is -2.31. The molecule has 2 aliphatic rings. The van der Waals surface area contributed by atoms with E-state index in [2.05, 4.69) is 5.32 Å². The molecule has 0 spiro atoms. The number of likely N-dealkylation sites (tertiary alicyclic amines) is 1. The molecule has 1 aromatic carbocycles. The second-order valence-electron chi connectivity index (χ2n) is 6.40. The van der Waals surface area contributed by atoms with Gasteiger partial charge in [0.25, 0.3) is 5.91 Å². The highest BCUT2D eigenvalue weighted by molar-refractivity contribution is 5.91. The van der Waals surface area contributed by atoms with E-state index in [1.54, 1.807) is 24.3 Å². The van der Waals surface area contributed by atoms with Gasteiger partial charge in [-0.25, -0.2) is 4.39 Å². The Bertz CT molecular complexity index is 716. The van der Waals surface area contributed by atoms with E-state index in [1.165, 1.54) is 12.1 Å². The molecule has 6 heteroatoms. The number of hydrogen-bond acceptors (Lipinski definition) is 4. The van der Waals surface area contributed by atoms with Crippen molar-refractivity contribution in [3.8, 4) is 5.75 Å². The maximum Gasteiger partial charge on any atom is 0.289 e. The SMILES string of the molecule is O=C(c1ccc(COc2ccc(F)cc2)o1)N1C[C@H]2CNC[C@H]2C1. The van der Waals surface area contributed by atoms with Crippen molar-refractivity contribution < 1.29 is 18.3 Å². The van der Waals surface area contributed by atoms with E-state index in [1.807, 2.05) is 4.90 Å². The van der Waals surface area contributed by atoms with Crippen molar-refractivity contribution >= 4 is 5.91 Å². The van der Waals surface area contributed by atoms with E-state index in [-0.39, 0.29) is 18.3 Å². The van der Waals surface area contributed by atoms with Crippen molar-refractivity contribution in [2.24, 2.45) is 11.8 Å². The Morgan fingerprint density at radius 3 is 2.58 bits per heavy atom. The zero-order chi connectivity index (χ0) is 16.5. The van der Waals surface area contributed by atoms with Crippen LogP contribution in [0.3, 0.4) is 0 Å². The van der Waals surface area contributed by atoms with Gasteiger partial charge in [-0.2, -0.15) is 0 Å². The molecule has 1 amide bonds. The molecule has 2 aromatic rings. The van der Waals surface area contributed by atoms with Crippen LogP contribution in [0.1, 0.15) is 16.3 Å². The van der Waals surface area contributed by atoms with Crippen LogP contribution in [0.2, 0.25) is 0 Å². The number of carbonyl (C=O) groups excluding carboxylic acids is 1. The van der Waals surface area contributed by atoms with Crippen molar-refractivity contribution in [1.29, 1.82) is 0 Å². The minimum atomic E-state index is -0.307. The van der Waals surface area contributed by atoms with Gasteiger partial charge < -0.3 is 19.4 Å². The molecule has 0 bridgehead atoms. The lowest BCUT2D eigenvalue weighted by atomic mass is 10.0. The third-order valence-electron chi connectivity index (χ3n) is 4.74. The molecule has 1 aromatic heterocycles. The molecular weight excluding hydrogens is 311 g/mol. The molecule has 2 saturated heterocycles. The summed E-state index contributed by atoms with van der Waals surface area (Å²) in [5, 5.41) is 3.36. The van der Waals surface area contributed by atoms with Crippen molar-refractivity contribution in [2.75, 3.05) is 26.2 Å². The van der Waals surface area contributed by atoms with Crippen LogP contribution in [0.25, 0.3) is 0 Å². The molecule has 24 heavy (non-hydrogen) atoms. The van der Waals surface area contributed by atoms with Crippen LogP contribution >= 0.6 is 0 Å². The minimum Gasteiger partial charge on any atom is -0.486 e. The van der Waals surface area contributed by atoms with E-state index in [9.17, 15) is 9.18 Å². The predicted octanol–water partition coefficient (Wildman–Crippen LogP) is 2.29. The number of amides is 1. The van der Waals surface area contributed by atoms with Gasteiger partial charge in [0.2, 0.25) is 0 Å². The third kappa shape index (κ3) is 3.01. The molecule has 4 rings (SSSR count). The highest BCUT2D eigenvalue weighted by Crippen LogP contribution is 2.27. The van der Waals surface area contributed by atoms with Gasteiger partial charge in [-0.05, 0) is 48.2 Å². The van der Waals surface area contributed by atoms with Gasteiger partial charge in [0.15, 0.2) is 5.76 Å². The van der Waals surface area contributed by atoms with Gasteiger partial charge in [-0.15, -0.1) is 0 Å². The first-order valence-electron chi connectivity index (χ1n) is 8.16. The molecule has 2 aliphatic heterocycles. The zero-order valence-corrected chi connectivity index (χ0v) is 13.2. The first-order valence-corrected chi connectivity index (χ1v) is 8.16. The Hall–Kier alpha value is -2.34. The molecule has 1 N–H and O–H groups in total. The van der Waals surface area contributed by atoms with E-state index in [4.69, 9.17) is 9.15 Å². The smallest absolute Gasteiger partial charge is 0.289 e. The van der Waals surface area contributed by atoms with E-state index < -0.39 is 0 Å². The highest BCUT2D eigenvalue weighted by Gasteiger charge is 2.38. The standard InChI is InChI=1S/C18H19FN2O3/c19-14-1-3-15(4-2-14)23-11-16-5-6-17(24-16)18(22)21-9-12-7-20-8-13(12)10-21/h1-6,12-13,20H,7-11H2/t12-,13+. The molecule has 2 fully saturated rings. The second-order valence-corrected chi connectivity index (χ2v) is 6.40. The van der Waals surface area contributed by atoms with Gasteiger partial charge in [-0.1, -0.05) is 0 Å². The summed E-state index contributed by atoms with van der Waals surface area (Å²) in [5.41, 5.74) is 0. The molecule has 2 atom stereocenters. The van der Waals surface area contributed by atoms with Crippen molar-refractivity contribution in [3.05, 3.63) is 53.7 Å². The quantitative estimate of drug-likeness (QED) is 0.934. The highest BCUT2D eigenvalue weighted by atomic mass is 19.1. The van der Waals surface area contributed by atoms with Crippen LogP contribution in [-0.4, -0.2) is 37.0 Å². The summed E-state index contributed by atoms with van der Waals surface area (Å²) in [6.45, 7) is 3.76. The van der Waals surface area contributed by atoms with Crippen LogP contribution < -0.4 is 10.1 Å². The molecule has 0 radical (unpaired) electrons. The van der Waals surface area contributed by atoms with Gasteiger partial charge >= 0.3 is 0 Å². The Morgan fingerprint density at radius 2 is 1.88 bits per heavy atom. The fourth-order valence-electron chi connectivity index (χ4n) is 3.43. The summed E-state index contributed by atoms with van der Waals surface area (Å²) >= 11 is 0. The van der Waals surface area contributed by atoms with Crippen molar-refractivity contribution in [1.82, 2.24) is 10.2 Å². The average Bonchev–Trinajstić information content (AvgIpc) is 3.29. The first kappa shape index (κ1) is 15.2. The molecule has 0 aliphatic carbocycles. The first-order chi connectivity index (χ1) is 11.7.